The van der Waals surface area contributed by atoms with E-state index in [4.69, 9.17) is 0 Å². The number of anilines is 1. The molecule has 178 valence electrons. The van der Waals surface area contributed by atoms with Crippen molar-refractivity contribution in [3.63, 3.8) is 0 Å². The predicted octanol–water partition coefficient (Wildman–Crippen LogP) is 3.37. The van der Waals surface area contributed by atoms with Crippen LogP contribution in [0, 0.1) is 0 Å². The average molecular weight is 452 g/mol. The zero-order valence-corrected chi connectivity index (χ0v) is 20.3. The zero-order valence-electron chi connectivity index (χ0n) is 20.3. The van der Waals surface area contributed by atoms with Crippen LogP contribution in [0.3, 0.4) is 0 Å². The molecule has 0 aromatic carbocycles. The SMILES string of the molecule is CCc1cc(-c2c[nH]c(=O)c(N(CC)[C@H]3CCCN(C(=O)/C=C/CNC(C)C)C3)c2)ccn1. The van der Waals surface area contributed by atoms with Crippen molar-refractivity contribution < 1.29 is 4.79 Å². The number of nitrogens with one attached hydrogen (secondary N) is 2. The Labute approximate surface area is 196 Å². The van der Waals surface area contributed by atoms with Gasteiger partial charge in [0.05, 0.1) is 0 Å². The molecule has 2 aromatic heterocycles. The number of pyridine rings is 2. The van der Waals surface area contributed by atoms with Gasteiger partial charge in [0.25, 0.3) is 5.56 Å². The lowest BCUT2D eigenvalue weighted by atomic mass is 10.0. The highest BCUT2D eigenvalue weighted by Gasteiger charge is 2.28. The molecule has 7 nitrogen and oxygen atoms in total. The van der Waals surface area contributed by atoms with Crippen molar-refractivity contribution in [3.8, 4) is 11.1 Å². The van der Waals surface area contributed by atoms with Gasteiger partial charge in [0.2, 0.25) is 5.91 Å². The van der Waals surface area contributed by atoms with Crippen LogP contribution in [0.2, 0.25) is 0 Å². The third kappa shape index (κ3) is 6.54. The topological polar surface area (TPSA) is 81.3 Å². The fourth-order valence-electron chi connectivity index (χ4n) is 4.31. The van der Waals surface area contributed by atoms with Crippen LogP contribution in [0.25, 0.3) is 11.1 Å². The second-order valence-corrected chi connectivity index (χ2v) is 8.82. The highest BCUT2D eigenvalue weighted by Crippen LogP contribution is 2.25. The van der Waals surface area contributed by atoms with Gasteiger partial charge in [-0.25, -0.2) is 0 Å². The summed E-state index contributed by atoms with van der Waals surface area (Å²) in [7, 11) is 0. The molecule has 2 N–H and O–H groups in total. The van der Waals surface area contributed by atoms with E-state index in [2.05, 4.69) is 53.9 Å². The van der Waals surface area contributed by atoms with Crippen molar-refractivity contribution in [1.82, 2.24) is 20.2 Å². The number of hydrogen-bond acceptors (Lipinski definition) is 5. The third-order valence-electron chi connectivity index (χ3n) is 6.10. The summed E-state index contributed by atoms with van der Waals surface area (Å²) in [5.74, 6) is 0.0350. The lowest BCUT2D eigenvalue weighted by molar-refractivity contribution is -0.127. The van der Waals surface area contributed by atoms with E-state index in [1.165, 1.54) is 0 Å². The highest BCUT2D eigenvalue weighted by atomic mass is 16.2. The van der Waals surface area contributed by atoms with Crippen molar-refractivity contribution in [2.24, 2.45) is 0 Å². The summed E-state index contributed by atoms with van der Waals surface area (Å²) in [5.41, 5.74) is 3.57. The third-order valence-corrected chi connectivity index (χ3v) is 6.10. The molecule has 0 radical (unpaired) electrons. The lowest BCUT2D eigenvalue weighted by Crippen LogP contribution is -2.50. The van der Waals surface area contributed by atoms with Gasteiger partial charge in [-0.15, -0.1) is 0 Å². The molecule has 7 heteroatoms. The number of carbonyl (C=O) groups is 1. The number of H-pyrrole nitrogens is 1. The molecular weight excluding hydrogens is 414 g/mol. The molecule has 3 rings (SSSR count). The van der Waals surface area contributed by atoms with Crippen LogP contribution in [0.1, 0.15) is 46.2 Å². The van der Waals surface area contributed by atoms with Gasteiger partial charge in [-0.1, -0.05) is 26.8 Å². The van der Waals surface area contributed by atoms with Gasteiger partial charge in [0, 0.05) is 68.0 Å². The smallest absolute Gasteiger partial charge is 0.271 e. The van der Waals surface area contributed by atoms with Gasteiger partial charge in [-0.05, 0) is 49.9 Å². The first kappa shape index (κ1) is 24.7. The quantitative estimate of drug-likeness (QED) is 0.572. The fraction of sp³-hybridized carbons (Fsp3) is 0.500. The van der Waals surface area contributed by atoms with Crippen molar-refractivity contribution in [2.75, 3.05) is 31.1 Å². The van der Waals surface area contributed by atoms with Crippen molar-refractivity contribution >= 4 is 11.6 Å². The van der Waals surface area contributed by atoms with E-state index in [0.717, 1.165) is 42.6 Å². The number of aromatic amines is 1. The monoisotopic (exact) mass is 451 g/mol. The maximum Gasteiger partial charge on any atom is 0.271 e. The van der Waals surface area contributed by atoms with Gasteiger partial charge in [0.1, 0.15) is 5.69 Å². The van der Waals surface area contributed by atoms with Gasteiger partial charge >= 0.3 is 0 Å². The number of carbonyl (C=O) groups excluding carboxylic acids is 1. The number of aromatic nitrogens is 2. The molecule has 1 aliphatic heterocycles. The van der Waals surface area contributed by atoms with Crippen LogP contribution in [0.5, 0.6) is 0 Å². The minimum atomic E-state index is -0.103. The van der Waals surface area contributed by atoms with E-state index in [1.54, 1.807) is 12.3 Å². The maximum atomic E-state index is 12.8. The number of rotatable bonds is 9. The number of aryl methyl sites for hydroxylation is 1. The number of likely N-dealkylation sites (N-methyl/N-ethyl adjacent to an activating group) is 1. The van der Waals surface area contributed by atoms with E-state index < -0.39 is 0 Å². The molecule has 2 aromatic rings. The summed E-state index contributed by atoms with van der Waals surface area (Å²) >= 11 is 0. The summed E-state index contributed by atoms with van der Waals surface area (Å²) in [5, 5.41) is 3.29. The van der Waals surface area contributed by atoms with Crippen LogP contribution < -0.4 is 15.8 Å². The predicted molar refractivity (Wildman–Crippen MR) is 135 cm³/mol. The minimum Gasteiger partial charge on any atom is -0.363 e. The molecule has 1 amide bonds. The molecule has 1 atom stereocenters. The second-order valence-electron chi connectivity index (χ2n) is 8.82. The van der Waals surface area contributed by atoms with E-state index in [0.29, 0.717) is 31.4 Å². The molecule has 0 saturated carbocycles. The minimum absolute atomic E-state index is 0.0350. The van der Waals surface area contributed by atoms with E-state index in [-0.39, 0.29) is 17.5 Å². The number of amides is 1. The summed E-state index contributed by atoms with van der Waals surface area (Å²) in [6.07, 6.45) is 9.86. The first-order chi connectivity index (χ1) is 15.9. The Morgan fingerprint density at radius 3 is 2.88 bits per heavy atom. The summed E-state index contributed by atoms with van der Waals surface area (Å²) in [6, 6.07) is 6.49. The Kier molecular flexibility index (Phi) is 8.83. The first-order valence-electron chi connectivity index (χ1n) is 12.1. The molecular formula is C26H37N5O2. The number of piperidine rings is 1. The van der Waals surface area contributed by atoms with Crippen molar-refractivity contribution in [3.05, 3.63) is 58.8 Å². The Balaban J connectivity index is 1.78. The molecule has 1 aliphatic rings. The Hall–Kier alpha value is -2.93. The number of nitrogens with zero attached hydrogens (tertiary/aromatic N) is 3. The van der Waals surface area contributed by atoms with E-state index in [1.807, 2.05) is 29.3 Å². The highest BCUT2D eigenvalue weighted by molar-refractivity contribution is 5.87. The fourth-order valence-corrected chi connectivity index (χ4v) is 4.31. The molecule has 0 unspecified atom stereocenters. The number of likely N-dealkylation sites (tertiary alicyclic amines) is 1. The largest absolute Gasteiger partial charge is 0.363 e. The summed E-state index contributed by atoms with van der Waals surface area (Å²) < 4.78 is 0. The Morgan fingerprint density at radius 1 is 1.33 bits per heavy atom. The molecule has 0 spiro atoms. The van der Waals surface area contributed by atoms with E-state index >= 15 is 0 Å². The molecule has 1 fully saturated rings. The standard InChI is InChI=1S/C26H37N5O2/c1-5-22-15-20(11-13-28-22)21-16-24(26(33)29-17-21)31(6-2)23-9-8-14-30(18-23)25(32)10-7-12-27-19(3)4/h7,10-11,13,15-17,19,23,27H,5-6,8-9,12,14,18H2,1-4H3,(H,29,33)/b10-7+/t23-/m0/s1. The molecule has 1 saturated heterocycles. The van der Waals surface area contributed by atoms with Crippen LogP contribution in [-0.4, -0.2) is 59.0 Å². The van der Waals surface area contributed by atoms with Crippen molar-refractivity contribution in [1.29, 1.82) is 0 Å². The molecule has 3 heterocycles. The van der Waals surface area contributed by atoms with Gasteiger partial charge in [-0.3, -0.25) is 14.6 Å². The van der Waals surface area contributed by atoms with Gasteiger partial charge < -0.3 is 20.1 Å². The molecule has 0 bridgehead atoms. The van der Waals surface area contributed by atoms with Crippen LogP contribution in [-0.2, 0) is 11.2 Å². The first-order valence-corrected chi connectivity index (χ1v) is 12.1. The number of hydrogen-bond donors (Lipinski definition) is 2. The second kappa shape index (κ2) is 11.8. The Morgan fingerprint density at radius 2 is 2.15 bits per heavy atom. The Bertz CT molecular complexity index is 1010. The summed E-state index contributed by atoms with van der Waals surface area (Å²) in [4.78, 5) is 36.9. The zero-order chi connectivity index (χ0) is 23.8. The normalized spacial score (nSPS) is 16.5. The summed E-state index contributed by atoms with van der Waals surface area (Å²) in [6.45, 7) is 11.1. The van der Waals surface area contributed by atoms with Crippen LogP contribution in [0.4, 0.5) is 5.69 Å². The molecule has 33 heavy (non-hydrogen) atoms. The maximum absolute atomic E-state index is 12.8. The van der Waals surface area contributed by atoms with Gasteiger partial charge in [-0.2, -0.15) is 0 Å². The van der Waals surface area contributed by atoms with Crippen LogP contribution >= 0.6 is 0 Å². The average Bonchev–Trinajstić information content (AvgIpc) is 2.83. The van der Waals surface area contributed by atoms with Crippen LogP contribution in [0.15, 0.2) is 47.5 Å². The van der Waals surface area contributed by atoms with Crippen molar-refractivity contribution in [2.45, 2.75) is 59.0 Å². The van der Waals surface area contributed by atoms with E-state index in [9.17, 15) is 9.59 Å². The lowest BCUT2D eigenvalue weighted by Gasteiger charge is -2.39. The molecule has 0 aliphatic carbocycles. The van der Waals surface area contributed by atoms with Gasteiger partial charge in [0.15, 0.2) is 0 Å².